The van der Waals surface area contributed by atoms with E-state index in [1.165, 1.54) is 24.3 Å². The van der Waals surface area contributed by atoms with Gasteiger partial charge in [-0.3, -0.25) is 21.0 Å². The summed E-state index contributed by atoms with van der Waals surface area (Å²) in [6, 6.07) is 14.2. The standard InChI is InChI=1S/C20H20F3N7O2S2/c1-2-24-18(33)28-27-17(14-8-10-15(11-9-14)30(31)32)16(13-6-4-3-5-7-13)26-29-19(34)25-12-20(21,22)23/h3-11H,2,12H2,1H3,(H2,24,28,33)(H2,25,29,34). The van der Waals surface area contributed by atoms with Crippen LogP contribution in [-0.4, -0.2) is 45.8 Å². The van der Waals surface area contributed by atoms with Crippen molar-refractivity contribution in [3.8, 4) is 0 Å². The second-order valence-corrected chi connectivity index (χ2v) is 7.29. The number of hydrazone groups is 2. The fraction of sp³-hybridized carbons (Fsp3) is 0.200. The van der Waals surface area contributed by atoms with Crippen molar-refractivity contribution in [2.45, 2.75) is 13.1 Å². The number of rotatable bonds is 8. The SMILES string of the molecule is CCNC(=S)NN=C(C(=NNC(=S)NCC(F)(F)F)c1ccccc1)c1ccc([N+](=O)[O-])cc1. The molecule has 2 aromatic rings. The molecule has 2 aromatic carbocycles. The van der Waals surface area contributed by atoms with E-state index in [2.05, 4.69) is 26.4 Å². The molecule has 0 aliphatic carbocycles. The van der Waals surface area contributed by atoms with Crippen molar-refractivity contribution in [2.75, 3.05) is 13.1 Å². The van der Waals surface area contributed by atoms with Crippen molar-refractivity contribution in [3.63, 3.8) is 0 Å². The van der Waals surface area contributed by atoms with E-state index >= 15 is 0 Å². The number of hydrogen-bond donors (Lipinski definition) is 4. The lowest BCUT2D eigenvalue weighted by molar-refractivity contribution is -0.384. The number of alkyl halides is 3. The second kappa shape index (κ2) is 12.6. The second-order valence-electron chi connectivity index (χ2n) is 6.47. The Morgan fingerprint density at radius 3 is 1.88 bits per heavy atom. The summed E-state index contributed by atoms with van der Waals surface area (Å²) < 4.78 is 37.4. The molecule has 2 rings (SSSR count). The number of hydrogen-bond acceptors (Lipinski definition) is 6. The molecule has 9 nitrogen and oxygen atoms in total. The molecule has 0 bridgehead atoms. The molecule has 34 heavy (non-hydrogen) atoms. The lowest BCUT2D eigenvalue weighted by atomic mass is 9.99. The molecule has 0 amide bonds. The molecule has 0 saturated carbocycles. The highest BCUT2D eigenvalue weighted by Crippen LogP contribution is 2.16. The van der Waals surface area contributed by atoms with Gasteiger partial charge in [0.1, 0.15) is 18.0 Å². The molecular formula is C20H20F3N7O2S2. The molecule has 0 spiro atoms. The fourth-order valence-corrected chi connectivity index (χ4v) is 2.79. The van der Waals surface area contributed by atoms with Crippen LogP contribution in [0, 0.1) is 10.1 Å². The van der Waals surface area contributed by atoms with Crippen LogP contribution >= 0.6 is 24.4 Å². The molecule has 0 heterocycles. The minimum Gasteiger partial charge on any atom is -0.362 e. The van der Waals surface area contributed by atoms with Crippen molar-refractivity contribution >= 4 is 51.8 Å². The number of nitro groups is 1. The zero-order valence-electron chi connectivity index (χ0n) is 17.7. The maximum Gasteiger partial charge on any atom is 0.405 e. The van der Waals surface area contributed by atoms with E-state index in [-0.39, 0.29) is 27.3 Å². The van der Waals surface area contributed by atoms with Crippen LogP contribution in [0.4, 0.5) is 18.9 Å². The van der Waals surface area contributed by atoms with Gasteiger partial charge in [-0.05, 0) is 43.5 Å². The smallest absolute Gasteiger partial charge is 0.362 e. The fourth-order valence-electron chi connectivity index (χ4n) is 2.48. The van der Waals surface area contributed by atoms with E-state index in [1.54, 1.807) is 30.3 Å². The Balaban J connectivity index is 2.49. The third kappa shape index (κ3) is 8.71. The molecule has 0 atom stereocenters. The van der Waals surface area contributed by atoms with Crippen LogP contribution in [0.1, 0.15) is 18.1 Å². The summed E-state index contributed by atoms with van der Waals surface area (Å²) in [5.74, 6) is 0. The molecule has 0 aromatic heterocycles. The van der Waals surface area contributed by atoms with E-state index < -0.39 is 17.6 Å². The number of nitro benzene ring substituents is 1. The molecule has 0 aliphatic heterocycles. The first-order chi connectivity index (χ1) is 16.1. The monoisotopic (exact) mass is 511 g/mol. The topological polar surface area (TPSA) is 116 Å². The molecule has 0 aliphatic rings. The lowest BCUT2D eigenvalue weighted by Gasteiger charge is -2.14. The van der Waals surface area contributed by atoms with Gasteiger partial charge < -0.3 is 10.6 Å². The van der Waals surface area contributed by atoms with Gasteiger partial charge in [-0.15, -0.1) is 0 Å². The normalized spacial score (nSPS) is 12.0. The maximum absolute atomic E-state index is 12.5. The van der Waals surface area contributed by atoms with Crippen LogP contribution in [0.5, 0.6) is 0 Å². The summed E-state index contributed by atoms with van der Waals surface area (Å²) in [6.07, 6.45) is -4.46. The molecular weight excluding hydrogens is 491 g/mol. The Kier molecular flexibility index (Phi) is 9.82. The highest BCUT2D eigenvalue weighted by atomic mass is 32.1. The predicted molar refractivity (Wildman–Crippen MR) is 132 cm³/mol. The van der Waals surface area contributed by atoms with E-state index in [0.29, 0.717) is 17.7 Å². The zero-order chi connectivity index (χ0) is 25.1. The van der Waals surface area contributed by atoms with E-state index in [9.17, 15) is 23.3 Å². The molecule has 0 radical (unpaired) electrons. The van der Waals surface area contributed by atoms with Crippen LogP contribution in [0.15, 0.2) is 64.8 Å². The summed E-state index contributed by atoms with van der Waals surface area (Å²) in [5, 5.41) is 24.3. The molecule has 180 valence electrons. The Morgan fingerprint density at radius 1 is 0.912 bits per heavy atom. The summed E-state index contributed by atoms with van der Waals surface area (Å²) in [7, 11) is 0. The quantitative estimate of drug-likeness (QED) is 0.185. The van der Waals surface area contributed by atoms with Gasteiger partial charge in [0, 0.05) is 29.8 Å². The van der Waals surface area contributed by atoms with Crippen LogP contribution in [0.25, 0.3) is 0 Å². The van der Waals surface area contributed by atoms with E-state index in [1.807, 2.05) is 12.2 Å². The van der Waals surface area contributed by atoms with Crippen LogP contribution < -0.4 is 21.5 Å². The van der Waals surface area contributed by atoms with Crippen LogP contribution in [-0.2, 0) is 0 Å². The Morgan fingerprint density at radius 2 is 1.41 bits per heavy atom. The predicted octanol–water partition coefficient (Wildman–Crippen LogP) is 3.21. The molecule has 0 fully saturated rings. The number of nitrogens with one attached hydrogen (secondary N) is 4. The Labute approximate surface area is 203 Å². The summed E-state index contributed by atoms with van der Waals surface area (Å²) >= 11 is 10.0. The number of non-ortho nitro benzene ring substituents is 1. The van der Waals surface area contributed by atoms with Crippen molar-refractivity contribution in [1.82, 2.24) is 21.5 Å². The third-order valence-electron chi connectivity index (χ3n) is 3.95. The number of thiocarbonyl (C=S) groups is 2. The Hall–Kier alpha value is -3.65. The first kappa shape index (κ1) is 26.6. The van der Waals surface area contributed by atoms with Gasteiger partial charge in [-0.1, -0.05) is 30.3 Å². The minimum absolute atomic E-state index is 0.131. The van der Waals surface area contributed by atoms with Crippen LogP contribution in [0.3, 0.4) is 0 Å². The Bertz CT molecular complexity index is 1080. The van der Waals surface area contributed by atoms with Crippen LogP contribution in [0.2, 0.25) is 0 Å². The summed E-state index contributed by atoms with van der Waals surface area (Å²) in [6.45, 7) is 1.04. The van der Waals surface area contributed by atoms with E-state index in [0.717, 1.165) is 0 Å². The van der Waals surface area contributed by atoms with Gasteiger partial charge in [0.05, 0.1) is 4.92 Å². The summed E-state index contributed by atoms with van der Waals surface area (Å²) in [5.41, 5.74) is 6.29. The largest absolute Gasteiger partial charge is 0.405 e. The van der Waals surface area contributed by atoms with Crippen molar-refractivity contribution in [1.29, 1.82) is 0 Å². The highest BCUT2D eigenvalue weighted by molar-refractivity contribution is 7.80. The molecule has 4 N–H and O–H groups in total. The van der Waals surface area contributed by atoms with Gasteiger partial charge in [0.2, 0.25) is 0 Å². The minimum atomic E-state index is -4.46. The lowest BCUT2D eigenvalue weighted by Crippen LogP contribution is -2.39. The van der Waals surface area contributed by atoms with Crippen molar-refractivity contribution in [3.05, 3.63) is 75.8 Å². The number of nitrogens with zero attached hydrogens (tertiary/aromatic N) is 3. The van der Waals surface area contributed by atoms with Gasteiger partial charge >= 0.3 is 6.18 Å². The van der Waals surface area contributed by atoms with E-state index in [4.69, 9.17) is 24.4 Å². The first-order valence-electron chi connectivity index (χ1n) is 9.71. The number of halogens is 3. The van der Waals surface area contributed by atoms with Gasteiger partial charge in [-0.2, -0.15) is 23.4 Å². The van der Waals surface area contributed by atoms with Gasteiger partial charge in [-0.25, -0.2) is 0 Å². The first-order valence-corrected chi connectivity index (χ1v) is 10.5. The maximum atomic E-state index is 12.5. The van der Waals surface area contributed by atoms with Gasteiger partial charge in [0.15, 0.2) is 10.2 Å². The highest BCUT2D eigenvalue weighted by Gasteiger charge is 2.27. The number of benzene rings is 2. The summed E-state index contributed by atoms with van der Waals surface area (Å²) in [4.78, 5) is 10.5. The zero-order valence-corrected chi connectivity index (χ0v) is 19.4. The van der Waals surface area contributed by atoms with Crippen molar-refractivity contribution < 1.29 is 18.1 Å². The van der Waals surface area contributed by atoms with Crippen molar-refractivity contribution in [2.24, 2.45) is 10.2 Å². The average Bonchev–Trinajstić information content (AvgIpc) is 2.80. The average molecular weight is 512 g/mol. The van der Waals surface area contributed by atoms with Gasteiger partial charge in [0.25, 0.3) is 5.69 Å². The third-order valence-corrected chi connectivity index (χ3v) is 4.42. The molecule has 14 heteroatoms. The molecule has 0 saturated heterocycles. The molecule has 0 unspecified atom stereocenters.